The highest BCUT2D eigenvalue weighted by Gasteiger charge is 2.28. The number of alkyl halides is 3. The Hall–Kier alpha value is -3.60. The standard InChI is InChI=1S/C24H29F3N8/c1-16(2)17-10-23(34-31-14-17)33-22-6-5-20-21(32-22)9-18(13-30-20)19(11-28)12-29-7-4-8-35(3)15-24(25,26)27/h5-6,9-14,16H,4,7-8,15,28H2,1-3H3,(H,32,33,34). The Balaban J connectivity index is 1.67. The molecule has 0 atom stereocenters. The van der Waals surface area contributed by atoms with E-state index >= 15 is 0 Å². The summed E-state index contributed by atoms with van der Waals surface area (Å²) >= 11 is 0. The lowest BCUT2D eigenvalue weighted by Gasteiger charge is -2.17. The van der Waals surface area contributed by atoms with Crippen molar-refractivity contribution in [2.75, 3.05) is 32.0 Å². The molecule has 0 radical (unpaired) electrons. The van der Waals surface area contributed by atoms with Gasteiger partial charge in [-0.15, -0.1) is 5.10 Å². The number of hydrogen-bond acceptors (Lipinski definition) is 8. The van der Waals surface area contributed by atoms with E-state index in [2.05, 4.69) is 44.3 Å². The summed E-state index contributed by atoms with van der Waals surface area (Å²) in [5, 5.41) is 11.3. The normalized spacial score (nSPS) is 12.9. The van der Waals surface area contributed by atoms with Crippen molar-refractivity contribution in [3.8, 4) is 0 Å². The number of aromatic nitrogens is 4. The van der Waals surface area contributed by atoms with E-state index in [4.69, 9.17) is 5.73 Å². The van der Waals surface area contributed by atoms with E-state index in [1.165, 1.54) is 18.1 Å². The van der Waals surface area contributed by atoms with Crippen LogP contribution in [0.3, 0.4) is 0 Å². The van der Waals surface area contributed by atoms with Gasteiger partial charge in [0.05, 0.1) is 23.8 Å². The summed E-state index contributed by atoms with van der Waals surface area (Å²) in [7, 11) is 1.44. The van der Waals surface area contributed by atoms with Crippen molar-refractivity contribution in [2.45, 2.75) is 32.4 Å². The molecular weight excluding hydrogens is 457 g/mol. The van der Waals surface area contributed by atoms with Crippen molar-refractivity contribution in [1.29, 1.82) is 0 Å². The number of anilines is 2. The van der Waals surface area contributed by atoms with Crippen LogP contribution in [0.5, 0.6) is 0 Å². The largest absolute Gasteiger partial charge is 0.404 e. The van der Waals surface area contributed by atoms with Gasteiger partial charge in [0.1, 0.15) is 5.82 Å². The number of nitrogens with zero attached hydrogens (tertiary/aromatic N) is 6. The van der Waals surface area contributed by atoms with Crippen LogP contribution >= 0.6 is 0 Å². The molecule has 11 heteroatoms. The first-order valence-electron chi connectivity index (χ1n) is 11.2. The monoisotopic (exact) mass is 486 g/mol. The van der Waals surface area contributed by atoms with Crippen LogP contribution in [-0.4, -0.2) is 64.1 Å². The summed E-state index contributed by atoms with van der Waals surface area (Å²) in [6, 6.07) is 7.46. The maximum absolute atomic E-state index is 12.4. The maximum Gasteiger partial charge on any atom is 0.401 e. The van der Waals surface area contributed by atoms with Crippen molar-refractivity contribution < 1.29 is 13.2 Å². The highest BCUT2D eigenvalue weighted by molar-refractivity contribution is 6.10. The lowest BCUT2D eigenvalue weighted by molar-refractivity contribution is -0.143. The number of pyridine rings is 2. The molecule has 186 valence electrons. The molecule has 0 fully saturated rings. The first kappa shape index (κ1) is 26.0. The van der Waals surface area contributed by atoms with Crippen molar-refractivity contribution in [3.05, 3.63) is 54.0 Å². The molecule has 0 aliphatic heterocycles. The van der Waals surface area contributed by atoms with Crippen molar-refractivity contribution in [3.63, 3.8) is 0 Å². The van der Waals surface area contributed by atoms with Crippen LogP contribution in [0.15, 0.2) is 47.9 Å². The molecule has 0 amide bonds. The molecule has 0 saturated heterocycles. The molecule has 0 spiro atoms. The van der Waals surface area contributed by atoms with Gasteiger partial charge in [0.15, 0.2) is 5.82 Å². The average molecular weight is 487 g/mol. The van der Waals surface area contributed by atoms with Crippen molar-refractivity contribution >= 4 is 34.5 Å². The third-order valence-corrected chi connectivity index (χ3v) is 5.16. The van der Waals surface area contributed by atoms with E-state index in [1.807, 2.05) is 24.3 Å². The number of halogens is 3. The van der Waals surface area contributed by atoms with Crippen LogP contribution in [0.25, 0.3) is 16.6 Å². The summed E-state index contributed by atoms with van der Waals surface area (Å²) in [6.07, 6.45) is 2.72. The van der Waals surface area contributed by atoms with Gasteiger partial charge in [-0.25, -0.2) is 4.98 Å². The van der Waals surface area contributed by atoms with Crippen LogP contribution < -0.4 is 11.1 Å². The molecule has 3 aromatic rings. The van der Waals surface area contributed by atoms with Gasteiger partial charge in [-0.05, 0) is 55.8 Å². The molecule has 0 unspecified atom stereocenters. The summed E-state index contributed by atoms with van der Waals surface area (Å²) in [5.74, 6) is 1.52. The Kier molecular flexibility index (Phi) is 8.69. The Morgan fingerprint density at radius 2 is 1.97 bits per heavy atom. The molecule has 0 bridgehead atoms. The number of aliphatic imine (C=N–C) groups is 1. The second kappa shape index (κ2) is 11.7. The van der Waals surface area contributed by atoms with Gasteiger partial charge in [-0.2, -0.15) is 18.3 Å². The first-order chi connectivity index (χ1) is 16.6. The lowest BCUT2D eigenvalue weighted by atomic mass is 10.1. The molecule has 3 heterocycles. The Labute approximate surface area is 202 Å². The molecule has 0 saturated carbocycles. The number of nitrogens with one attached hydrogen (secondary N) is 1. The minimum absolute atomic E-state index is 0.292. The van der Waals surface area contributed by atoms with E-state index in [-0.39, 0.29) is 0 Å². The second-order valence-corrected chi connectivity index (χ2v) is 8.48. The summed E-state index contributed by atoms with van der Waals surface area (Å²) in [5.41, 5.74) is 9.58. The van der Waals surface area contributed by atoms with Crippen LogP contribution in [0.4, 0.5) is 24.8 Å². The van der Waals surface area contributed by atoms with E-state index in [0.29, 0.717) is 53.7 Å². The molecular formula is C24H29F3N8. The maximum atomic E-state index is 12.4. The lowest BCUT2D eigenvalue weighted by Crippen LogP contribution is -2.31. The van der Waals surface area contributed by atoms with Gasteiger partial charge in [0, 0.05) is 36.3 Å². The van der Waals surface area contributed by atoms with Crippen LogP contribution in [0.1, 0.15) is 37.3 Å². The van der Waals surface area contributed by atoms with Gasteiger partial charge in [0.2, 0.25) is 0 Å². The molecule has 0 aromatic carbocycles. The SMILES string of the molecule is CC(C)c1cnnc(Nc2ccc3ncc(C(C=NCCCN(C)CC(F)(F)F)=CN)cc3n2)c1. The molecule has 3 N–H and O–H groups in total. The van der Waals surface area contributed by atoms with E-state index in [1.54, 1.807) is 18.6 Å². The Bertz CT molecular complexity index is 1190. The minimum Gasteiger partial charge on any atom is -0.404 e. The highest BCUT2D eigenvalue weighted by atomic mass is 19.4. The minimum atomic E-state index is -4.20. The number of fused-ring (bicyclic) bond motifs is 1. The van der Waals surface area contributed by atoms with E-state index in [0.717, 1.165) is 11.1 Å². The topological polar surface area (TPSA) is 105 Å². The molecule has 3 aromatic heterocycles. The highest BCUT2D eigenvalue weighted by Crippen LogP contribution is 2.22. The zero-order chi connectivity index (χ0) is 25.4. The quantitative estimate of drug-likeness (QED) is 0.320. The second-order valence-electron chi connectivity index (χ2n) is 8.48. The summed E-state index contributed by atoms with van der Waals surface area (Å²) in [6.45, 7) is 3.90. The third kappa shape index (κ3) is 7.99. The van der Waals surface area contributed by atoms with Gasteiger partial charge < -0.3 is 11.1 Å². The van der Waals surface area contributed by atoms with E-state index in [9.17, 15) is 13.2 Å². The van der Waals surface area contributed by atoms with Gasteiger partial charge in [-0.1, -0.05) is 13.8 Å². The Morgan fingerprint density at radius 1 is 1.17 bits per heavy atom. The number of allylic oxidation sites excluding steroid dienone is 1. The smallest absolute Gasteiger partial charge is 0.401 e. The average Bonchev–Trinajstić information content (AvgIpc) is 2.80. The van der Waals surface area contributed by atoms with Crippen molar-refractivity contribution in [2.24, 2.45) is 10.7 Å². The zero-order valence-corrected chi connectivity index (χ0v) is 19.9. The van der Waals surface area contributed by atoms with Crippen LogP contribution in [-0.2, 0) is 0 Å². The summed E-state index contributed by atoms with van der Waals surface area (Å²) < 4.78 is 37.2. The fourth-order valence-electron chi connectivity index (χ4n) is 3.32. The van der Waals surface area contributed by atoms with E-state index < -0.39 is 12.7 Å². The van der Waals surface area contributed by atoms with Crippen LogP contribution in [0, 0.1) is 0 Å². The van der Waals surface area contributed by atoms with Gasteiger partial charge in [-0.3, -0.25) is 14.9 Å². The van der Waals surface area contributed by atoms with Crippen LogP contribution in [0.2, 0.25) is 0 Å². The van der Waals surface area contributed by atoms with Gasteiger partial charge in [0.25, 0.3) is 0 Å². The predicted molar refractivity (Wildman–Crippen MR) is 133 cm³/mol. The predicted octanol–water partition coefficient (Wildman–Crippen LogP) is 4.54. The summed E-state index contributed by atoms with van der Waals surface area (Å²) in [4.78, 5) is 14.6. The third-order valence-electron chi connectivity index (χ3n) is 5.16. The number of hydrogen-bond donors (Lipinski definition) is 2. The zero-order valence-electron chi connectivity index (χ0n) is 19.9. The molecule has 0 aliphatic rings. The number of rotatable bonds is 10. The fourth-order valence-corrected chi connectivity index (χ4v) is 3.32. The molecule has 0 aliphatic carbocycles. The number of nitrogens with two attached hydrogens (primary N) is 1. The fraction of sp³-hybridized carbons (Fsp3) is 0.375. The first-order valence-corrected chi connectivity index (χ1v) is 11.2. The van der Waals surface area contributed by atoms with Gasteiger partial charge >= 0.3 is 6.18 Å². The molecule has 8 nitrogen and oxygen atoms in total. The van der Waals surface area contributed by atoms with Crippen molar-refractivity contribution in [1.82, 2.24) is 25.1 Å². The Morgan fingerprint density at radius 3 is 2.69 bits per heavy atom. The molecule has 35 heavy (non-hydrogen) atoms. The molecule has 3 rings (SSSR count).